The van der Waals surface area contributed by atoms with E-state index in [2.05, 4.69) is 52.4 Å². The number of ether oxygens (including phenoxy) is 1. The minimum absolute atomic E-state index is 0.409. The molecule has 0 radical (unpaired) electrons. The minimum atomic E-state index is 0.409. The Morgan fingerprint density at radius 2 is 2.39 bits per heavy atom. The molecule has 0 bridgehead atoms. The Morgan fingerprint density at radius 3 is 3.11 bits per heavy atom. The zero-order chi connectivity index (χ0) is 12.8. The van der Waals surface area contributed by atoms with Gasteiger partial charge in [-0.2, -0.15) is 0 Å². The maximum absolute atomic E-state index is 5.63. The molecule has 1 aromatic rings. The van der Waals surface area contributed by atoms with Gasteiger partial charge < -0.3 is 10.1 Å². The maximum atomic E-state index is 5.63. The van der Waals surface area contributed by atoms with Crippen LogP contribution in [-0.2, 0) is 4.74 Å². The third-order valence-electron chi connectivity index (χ3n) is 3.53. The van der Waals surface area contributed by atoms with Crippen molar-refractivity contribution in [2.75, 3.05) is 13.2 Å². The Morgan fingerprint density at radius 1 is 1.50 bits per heavy atom. The highest BCUT2D eigenvalue weighted by Crippen LogP contribution is 2.19. The van der Waals surface area contributed by atoms with Gasteiger partial charge in [-0.3, -0.25) is 0 Å². The van der Waals surface area contributed by atoms with Gasteiger partial charge in [0, 0.05) is 17.1 Å². The van der Waals surface area contributed by atoms with Crippen LogP contribution in [0.3, 0.4) is 0 Å². The molecule has 1 aromatic carbocycles. The highest BCUT2D eigenvalue weighted by Gasteiger charge is 2.14. The lowest BCUT2D eigenvalue weighted by atomic mass is 10.1. The predicted molar refractivity (Wildman–Crippen MR) is 78.8 cm³/mol. The lowest BCUT2D eigenvalue weighted by molar-refractivity contribution is 0.102. The second-order valence-corrected chi connectivity index (χ2v) is 5.92. The summed E-state index contributed by atoms with van der Waals surface area (Å²) in [7, 11) is 0. The molecular weight excluding hydrogens is 290 g/mol. The maximum Gasteiger partial charge on any atom is 0.0576 e. The summed E-state index contributed by atoms with van der Waals surface area (Å²) in [5.74, 6) is 0. The first-order valence-electron chi connectivity index (χ1n) is 6.86. The standard InChI is InChI=1S/C15H22BrNO/c1-12(13-5-2-6-14(16)11-13)17-9-3-7-15-8-4-10-18-15/h2,5-6,11-12,15,17H,3-4,7-10H2,1H3. The molecule has 1 aliphatic heterocycles. The van der Waals surface area contributed by atoms with Crippen LogP contribution in [0, 0.1) is 0 Å². The van der Waals surface area contributed by atoms with Gasteiger partial charge in [-0.15, -0.1) is 0 Å². The summed E-state index contributed by atoms with van der Waals surface area (Å²) in [4.78, 5) is 0. The van der Waals surface area contributed by atoms with Crippen LogP contribution in [0.4, 0.5) is 0 Å². The zero-order valence-corrected chi connectivity index (χ0v) is 12.6. The molecule has 1 N–H and O–H groups in total. The van der Waals surface area contributed by atoms with Gasteiger partial charge in [0.2, 0.25) is 0 Å². The Hall–Kier alpha value is -0.380. The van der Waals surface area contributed by atoms with E-state index in [4.69, 9.17) is 4.74 Å². The van der Waals surface area contributed by atoms with Crippen molar-refractivity contribution in [3.63, 3.8) is 0 Å². The quantitative estimate of drug-likeness (QED) is 0.800. The van der Waals surface area contributed by atoms with Crippen LogP contribution in [0.5, 0.6) is 0 Å². The first-order chi connectivity index (χ1) is 8.75. The first-order valence-corrected chi connectivity index (χ1v) is 7.65. The second-order valence-electron chi connectivity index (χ2n) is 5.01. The van der Waals surface area contributed by atoms with E-state index >= 15 is 0 Å². The molecule has 1 heterocycles. The van der Waals surface area contributed by atoms with Gasteiger partial charge in [0.05, 0.1) is 6.10 Å². The molecule has 2 unspecified atom stereocenters. The molecule has 0 spiro atoms. The lowest BCUT2D eigenvalue weighted by Gasteiger charge is -2.15. The van der Waals surface area contributed by atoms with Crippen LogP contribution in [-0.4, -0.2) is 19.3 Å². The average molecular weight is 312 g/mol. The largest absolute Gasteiger partial charge is 0.378 e. The molecule has 1 aliphatic rings. The topological polar surface area (TPSA) is 21.3 Å². The molecule has 18 heavy (non-hydrogen) atoms. The van der Waals surface area contributed by atoms with Crippen molar-refractivity contribution in [2.24, 2.45) is 0 Å². The molecule has 3 heteroatoms. The molecule has 2 nitrogen and oxygen atoms in total. The molecule has 100 valence electrons. The number of nitrogens with one attached hydrogen (secondary N) is 1. The summed E-state index contributed by atoms with van der Waals surface area (Å²) < 4.78 is 6.77. The van der Waals surface area contributed by atoms with Crippen molar-refractivity contribution >= 4 is 15.9 Å². The molecule has 2 rings (SSSR count). The van der Waals surface area contributed by atoms with E-state index in [0.717, 1.165) is 17.6 Å². The first kappa shape index (κ1) is 14.0. The summed E-state index contributed by atoms with van der Waals surface area (Å²) in [6.07, 6.45) is 5.41. The average Bonchev–Trinajstić information content (AvgIpc) is 2.87. The van der Waals surface area contributed by atoms with Crippen LogP contribution >= 0.6 is 15.9 Å². The Labute approximate surface area is 118 Å². The van der Waals surface area contributed by atoms with Crippen LogP contribution < -0.4 is 5.32 Å². The molecule has 0 amide bonds. The van der Waals surface area contributed by atoms with E-state index in [-0.39, 0.29) is 0 Å². The van der Waals surface area contributed by atoms with Crippen molar-refractivity contribution in [1.29, 1.82) is 0 Å². The normalized spacial score (nSPS) is 21.1. The predicted octanol–water partition coefficient (Wildman–Crippen LogP) is 4.06. The third-order valence-corrected chi connectivity index (χ3v) is 4.02. The van der Waals surface area contributed by atoms with Gasteiger partial charge in [0.25, 0.3) is 0 Å². The highest BCUT2D eigenvalue weighted by atomic mass is 79.9. The lowest BCUT2D eigenvalue weighted by Crippen LogP contribution is -2.21. The molecule has 2 atom stereocenters. The van der Waals surface area contributed by atoms with E-state index in [9.17, 15) is 0 Å². The second kappa shape index (κ2) is 7.27. The Kier molecular flexibility index (Phi) is 5.67. The molecule has 1 saturated heterocycles. The monoisotopic (exact) mass is 311 g/mol. The zero-order valence-electron chi connectivity index (χ0n) is 11.0. The van der Waals surface area contributed by atoms with E-state index in [1.54, 1.807) is 0 Å². The Bertz CT molecular complexity index is 363. The van der Waals surface area contributed by atoms with E-state index in [0.29, 0.717) is 12.1 Å². The fourth-order valence-electron chi connectivity index (χ4n) is 2.41. The summed E-state index contributed by atoms with van der Waals surface area (Å²) >= 11 is 3.51. The highest BCUT2D eigenvalue weighted by molar-refractivity contribution is 9.10. The Balaban J connectivity index is 1.66. The smallest absolute Gasteiger partial charge is 0.0576 e. The number of halogens is 1. The fourth-order valence-corrected chi connectivity index (χ4v) is 2.83. The van der Waals surface area contributed by atoms with Crippen molar-refractivity contribution < 1.29 is 4.74 Å². The van der Waals surface area contributed by atoms with Crippen molar-refractivity contribution in [3.8, 4) is 0 Å². The fraction of sp³-hybridized carbons (Fsp3) is 0.600. The minimum Gasteiger partial charge on any atom is -0.378 e. The van der Waals surface area contributed by atoms with Crippen molar-refractivity contribution in [1.82, 2.24) is 5.32 Å². The summed E-state index contributed by atoms with van der Waals surface area (Å²) in [5, 5.41) is 3.57. The van der Waals surface area contributed by atoms with Gasteiger partial charge in [-0.1, -0.05) is 28.1 Å². The van der Waals surface area contributed by atoms with Gasteiger partial charge >= 0.3 is 0 Å². The van der Waals surface area contributed by atoms with Gasteiger partial charge in [0.1, 0.15) is 0 Å². The van der Waals surface area contributed by atoms with E-state index in [1.165, 1.54) is 31.2 Å². The van der Waals surface area contributed by atoms with Gasteiger partial charge in [0.15, 0.2) is 0 Å². The van der Waals surface area contributed by atoms with Crippen LogP contribution in [0.2, 0.25) is 0 Å². The van der Waals surface area contributed by atoms with E-state index in [1.807, 2.05) is 0 Å². The molecular formula is C15H22BrNO. The molecule has 0 aromatic heterocycles. The number of rotatable bonds is 6. The van der Waals surface area contributed by atoms with Crippen LogP contribution in [0.25, 0.3) is 0 Å². The van der Waals surface area contributed by atoms with Crippen molar-refractivity contribution in [2.45, 2.75) is 44.8 Å². The number of hydrogen-bond donors (Lipinski definition) is 1. The summed E-state index contributed by atoms with van der Waals surface area (Å²) in [6, 6.07) is 8.91. The van der Waals surface area contributed by atoms with Crippen LogP contribution in [0.15, 0.2) is 28.7 Å². The summed E-state index contributed by atoms with van der Waals surface area (Å²) in [6.45, 7) is 4.24. The molecule has 1 fully saturated rings. The van der Waals surface area contributed by atoms with Gasteiger partial charge in [-0.25, -0.2) is 0 Å². The van der Waals surface area contributed by atoms with Crippen LogP contribution in [0.1, 0.15) is 44.2 Å². The third kappa shape index (κ3) is 4.38. The SMILES string of the molecule is CC(NCCCC1CCCO1)c1cccc(Br)c1. The number of benzene rings is 1. The van der Waals surface area contributed by atoms with Crippen molar-refractivity contribution in [3.05, 3.63) is 34.3 Å². The molecule has 0 saturated carbocycles. The van der Waals surface area contributed by atoms with E-state index < -0.39 is 0 Å². The van der Waals surface area contributed by atoms with Gasteiger partial charge in [-0.05, 0) is 56.8 Å². The molecule has 0 aliphatic carbocycles. The summed E-state index contributed by atoms with van der Waals surface area (Å²) in [5.41, 5.74) is 1.33. The number of hydrogen-bond acceptors (Lipinski definition) is 2.